The first kappa shape index (κ1) is 10.3. The van der Waals surface area contributed by atoms with Crippen LogP contribution in [0.2, 0.25) is 0 Å². The fourth-order valence-corrected chi connectivity index (χ4v) is 2.47. The molecule has 0 aromatic carbocycles. The Kier molecular flexibility index (Phi) is 2.31. The molecule has 3 heterocycles. The number of rotatable bonds is 1. The minimum Gasteiger partial charge on any atom is -0.366 e. The van der Waals surface area contributed by atoms with Crippen LogP contribution in [0.5, 0.6) is 0 Å². The van der Waals surface area contributed by atoms with E-state index in [9.17, 15) is 0 Å². The minimum absolute atomic E-state index is 0.369. The van der Waals surface area contributed by atoms with Crippen LogP contribution in [0.3, 0.4) is 0 Å². The van der Waals surface area contributed by atoms with E-state index in [0.717, 1.165) is 24.5 Å². The van der Waals surface area contributed by atoms with E-state index in [0.29, 0.717) is 17.8 Å². The monoisotopic (exact) mass is 229 g/mol. The van der Waals surface area contributed by atoms with Gasteiger partial charge >= 0.3 is 0 Å². The lowest BCUT2D eigenvalue weighted by molar-refractivity contribution is 0.325. The molecule has 1 aliphatic heterocycles. The molecule has 0 amide bonds. The first-order valence-electron chi connectivity index (χ1n) is 5.84. The molecule has 0 fully saturated rings. The SMILES string of the molecule is CC1Cc2nc(N)nn2CC1c1ccccn1. The fraction of sp³-hybridized carbons (Fsp3) is 0.417. The average molecular weight is 229 g/mol. The van der Waals surface area contributed by atoms with Gasteiger partial charge in [-0.3, -0.25) is 4.98 Å². The fourth-order valence-electron chi connectivity index (χ4n) is 2.47. The number of nitrogen functional groups attached to an aromatic ring is 1. The molecule has 0 radical (unpaired) electrons. The molecule has 0 spiro atoms. The first-order chi connectivity index (χ1) is 8.24. The summed E-state index contributed by atoms with van der Waals surface area (Å²) in [5.41, 5.74) is 6.75. The molecular formula is C12H15N5. The van der Waals surface area contributed by atoms with E-state index >= 15 is 0 Å². The van der Waals surface area contributed by atoms with Gasteiger partial charge in [-0.1, -0.05) is 13.0 Å². The van der Waals surface area contributed by atoms with Gasteiger partial charge < -0.3 is 5.73 Å². The molecule has 2 aromatic heterocycles. The Balaban J connectivity index is 1.94. The maximum Gasteiger partial charge on any atom is 0.239 e. The maximum atomic E-state index is 5.63. The van der Waals surface area contributed by atoms with Gasteiger partial charge in [0.25, 0.3) is 0 Å². The summed E-state index contributed by atoms with van der Waals surface area (Å²) < 4.78 is 1.91. The predicted molar refractivity (Wildman–Crippen MR) is 64.3 cm³/mol. The molecule has 2 atom stereocenters. The van der Waals surface area contributed by atoms with E-state index in [1.807, 2.05) is 23.0 Å². The van der Waals surface area contributed by atoms with E-state index < -0.39 is 0 Å². The van der Waals surface area contributed by atoms with Crippen molar-refractivity contribution < 1.29 is 0 Å². The molecule has 0 bridgehead atoms. The Morgan fingerprint density at radius 2 is 2.29 bits per heavy atom. The van der Waals surface area contributed by atoms with Crippen molar-refractivity contribution >= 4 is 5.95 Å². The Hall–Kier alpha value is -1.91. The molecule has 5 nitrogen and oxygen atoms in total. The molecule has 0 aliphatic carbocycles. The van der Waals surface area contributed by atoms with Crippen LogP contribution in [0, 0.1) is 5.92 Å². The molecule has 0 saturated carbocycles. The molecule has 0 saturated heterocycles. The summed E-state index contributed by atoms with van der Waals surface area (Å²) in [7, 11) is 0. The highest BCUT2D eigenvalue weighted by Crippen LogP contribution is 2.31. The van der Waals surface area contributed by atoms with Crippen LogP contribution in [0.15, 0.2) is 24.4 Å². The quantitative estimate of drug-likeness (QED) is 0.798. The second-order valence-corrected chi connectivity index (χ2v) is 4.61. The third-order valence-corrected chi connectivity index (χ3v) is 3.39. The second kappa shape index (κ2) is 3.84. The van der Waals surface area contributed by atoms with Crippen LogP contribution in [-0.2, 0) is 13.0 Å². The van der Waals surface area contributed by atoms with E-state index in [4.69, 9.17) is 5.73 Å². The summed E-state index contributed by atoms with van der Waals surface area (Å²) in [6.45, 7) is 3.05. The average Bonchev–Trinajstić information content (AvgIpc) is 2.68. The number of nitrogens with two attached hydrogens (primary N) is 1. The zero-order valence-electron chi connectivity index (χ0n) is 9.74. The number of pyridine rings is 1. The second-order valence-electron chi connectivity index (χ2n) is 4.61. The number of nitrogens with zero attached hydrogens (tertiary/aromatic N) is 4. The van der Waals surface area contributed by atoms with Crippen molar-refractivity contribution in [2.75, 3.05) is 5.73 Å². The predicted octanol–water partition coefficient (Wildman–Crippen LogP) is 1.23. The van der Waals surface area contributed by atoms with Gasteiger partial charge in [0.05, 0.1) is 6.54 Å². The standard InChI is InChI=1S/C12H15N5/c1-8-6-11-15-12(13)16-17(11)7-9(8)10-4-2-3-5-14-10/h2-5,8-9H,6-7H2,1H3,(H2,13,16). The van der Waals surface area contributed by atoms with Crippen molar-refractivity contribution in [3.63, 3.8) is 0 Å². The van der Waals surface area contributed by atoms with Crippen LogP contribution in [0.25, 0.3) is 0 Å². The molecule has 17 heavy (non-hydrogen) atoms. The zero-order chi connectivity index (χ0) is 11.8. The van der Waals surface area contributed by atoms with Crippen molar-refractivity contribution in [2.45, 2.75) is 25.8 Å². The highest BCUT2D eigenvalue weighted by atomic mass is 15.4. The van der Waals surface area contributed by atoms with Gasteiger partial charge in [0.1, 0.15) is 5.82 Å². The molecule has 2 unspecified atom stereocenters. The third kappa shape index (κ3) is 1.77. The van der Waals surface area contributed by atoms with Gasteiger partial charge in [-0.2, -0.15) is 4.98 Å². The Bertz CT molecular complexity index is 519. The van der Waals surface area contributed by atoms with Crippen molar-refractivity contribution in [3.8, 4) is 0 Å². The Labute approximate surface area is 99.7 Å². The lowest BCUT2D eigenvalue weighted by atomic mass is 9.85. The molecule has 2 N–H and O–H groups in total. The van der Waals surface area contributed by atoms with Crippen LogP contribution in [0.4, 0.5) is 5.95 Å². The summed E-state index contributed by atoms with van der Waals surface area (Å²) in [6, 6.07) is 6.04. The Morgan fingerprint density at radius 3 is 3.06 bits per heavy atom. The maximum absolute atomic E-state index is 5.63. The van der Waals surface area contributed by atoms with Crippen molar-refractivity contribution in [2.24, 2.45) is 5.92 Å². The summed E-state index contributed by atoms with van der Waals surface area (Å²) in [5.74, 6) is 2.27. The van der Waals surface area contributed by atoms with Gasteiger partial charge in [-0.15, -0.1) is 5.10 Å². The van der Waals surface area contributed by atoms with Gasteiger partial charge in [0.2, 0.25) is 5.95 Å². The summed E-state index contributed by atoms with van der Waals surface area (Å²) in [6.07, 6.45) is 2.75. The summed E-state index contributed by atoms with van der Waals surface area (Å²) in [4.78, 5) is 8.68. The van der Waals surface area contributed by atoms with Crippen LogP contribution < -0.4 is 5.73 Å². The Morgan fingerprint density at radius 1 is 1.41 bits per heavy atom. The molecule has 2 aromatic rings. The highest BCUT2D eigenvalue weighted by molar-refractivity contribution is 5.18. The molecular weight excluding hydrogens is 214 g/mol. The number of fused-ring (bicyclic) bond motifs is 1. The van der Waals surface area contributed by atoms with E-state index in [1.165, 1.54) is 0 Å². The lowest BCUT2D eigenvalue weighted by Crippen LogP contribution is -2.27. The summed E-state index contributed by atoms with van der Waals surface area (Å²) >= 11 is 0. The van der Waals surface area contributed by atoms with Crippen molar-refractivity contribution in [3.05, 3.63) is 35.9 Å². The van der Waals surface area contributed by atoms with Gasteiger partial charge in [0, 0.05) is 24.2 Å². The number of aromatic nitrogens is 4. The lowest BCUT2D eigenvalue weighted by Gasteiger charge is -2.28. The smallest absolute Gasteiger partial charge is 0.239 e. The van der Waals surface area contributed by atoms with Gasteiger partial charge in [-0.25, -0.2) is 4.68 Å². The van der Waals surface area contributed by atoms with Crippen LogP contribution >= 0.6 is 0 Å². The minimum atomic E-state index is 0.369. The van der Waals surface area contributed by atoms with E-state index in [1.54, 1.807) is 0 Å². The third-order valence-electron chi connectivity index (χ3n) is 3.39. The largest absolute Gasteiger partial charge is 0.366 e. The normalized spacial score (nSPS) is 23.4. The van der Waals surface area contributed by atoms with Crippen molar-refractivity contribution in [1.82, 2.24) is 19.7 Å². The number of hydrogen-bond acceptors (Lipinski definition) is 4. The van der Waals surface area contributed by atoms with Gasteiger partial charge in [-0.05, 0) is 18.1 Å². The first-order valence-corrected chi connectivity index (χ1v) is 5.84. The highest BCUT2D eigenvalue weighted by Gasteiger charge is 2.29. The molecule has 5 heteroatoms. The van der Waals surface area contributed by atoms with E-state index in [2.05, 4.69) is 28.1 Å². The van der Waals surface area contributed by atoms with Crippen LogP contribution in [-0.4, -0.2) is 19.7 Å². The van der Waals surface area contributed by atoms with Crippen molar-refractivity contribution in [1.29, 1.82) is 0 Å². The van der Waals surface area contributed by atoms with E-state index in [-0.39, 0.29) is 0 Å². The summed E-state index contributed by atoms with van der Waals surface area (Å²) in [5, 5.41) is 4.22. The topological polar surface area (TPSA) is 69.6 Å². The van der Waals surface area contributed by atoms with Gasteiger partial charge in [0.15, 0.2) is 0 Å². The molecule has 88 valence electrons. The molecule has 1 aliphatic rings. The number of anilines is 1. The molecule has 3 rings (SSSR count). The van der Waals surface area contributed by atoms with Crippen LogP contribution in [0.1, 0.15) is 24.4 Å². The zero-order valence-corrected chi connectivity index (χ0v) is 9.74. The number of hydrogen-bond donors (Lipinski definition) is 1.